The molecule has 0 aromatic heterocycles. The Hall–Kier alpha value is -1.71. The average Bonchev–Trinajstić information content (AvgIpc) is 2.62. The minimum absolute atomic E-state index is 0.284. The number of piperazine rings is 1. The molecule has 1 aromatic rings. The van der Waals surface area contributed by atoms with Crippen molar-refractivity contribution in [3.63, 3.8) is 0 Å². The van der Waals surface area contributed by atoms with E-state index >= 15 is 0 Å². The molecule has 1 heterocycles. The van der Waals surface area contributed by atoms with Crippen LogP contribution in [0, 0.1) is 5.92 Å². The first kappa shape index (κ1) is 15.2. The molecule has 1 aliphatic heterocycles. The average molecular weight is 302 g/mol. The molecule has 4 nitrogen and oxygen atoms in total. The van der Waals surface area contributed by atoms with E-state index in [2.05, 4.69) is 15.9 Å². The van der Waals surface area contributed by atoms with Gasteiger partial charge in [0, 0.05) is 32.1 Å². The molecule has 1 saturated heterocycles. The zero-order chi connectivity index (χ0) is 15.4. The fraction of sp³-hybridized carbons (Fsp3) is 0.611. The minimum atomic E-state index is 0.284. The molecule has 1 aromatic carbocycles. The summed E-state index contributed by atoms with van der Waals surface area (Å²) in [6.45, 7) is 3.43. The Bertz CT molecular complexity index is 504. The van der Waals surface area contributed by atoms with Crippen molar-refractivity contribution in [3.8, 4) is 5.75 Å². The number of hydrogen-bond acceptors (Lipinski definition) is 3. The highest BCUT2D eigenvalue weighted by atomic mass is 16.5. The molecule has 0 unspecified atom stereocenters. The van der Waals surface area contributed by atoms with Gasteiger partial charge < -0.3 is 14.5 Å². The van der Waals surface area contributed by atoms with Gasteiger partial charge in [-0.15, -0.1) is 0 Å². The van der Waals surface area contributed by atoms with Gasteiger partial charge in [-0.05, 0) is 25.0 Å². The summed E-state index contributed by atoms with van der Waals surface area (Å²) in [6, 6.07) is 8.12. The molecule has 0 bridgehead atoms. The van der Waals surface area contributed by atoms with Crippen molar-refractivity contribution in [2.45, 2.75) is 32.1 Å². The molecule has 22 heavy (non-hydrogen) atoms. The van der Waals surface area contributed by atoms with Crippen molar-refractivity contribution < 1.29 is 9.53 Å². The number of benzene rings is 1. The number of para-hydroxylation sites is 2. The van der Waals surface area contributed by atoms with Crippen LogP contribution in [0.5, 0.6) is 5.75 Å². The lowest BCUT2D eigenvalue weighted by Gasteiger charge is -2.38. The van der Waals surface area contributed by atoms with Crippen LogP contribution in [-0.2, 0) is 4.79 Å². The monoisotopic (exact) mass is 302 g/mol. The largest absolute Gasteiger partial charge is 0.495 e. The molecule has 0 N–H and O–H groups in total. The summed E-state index contributed by atoms with van der Waals surface area (Å²) in [7, 11) is 1.71. The quantitative estimate of drug-likeness (QED) is 0.860. The molecule has 1 saturated carbocycles. The predicted molar refractivity (Wildman–Crippen MR) is 88.4 cm³/mol. The number of ether oxygens (including phenoxy) is 1. The molecular weight excluding hydrogens is 276 g/mol. The van der Waals surface area contributed by atoms with Crippen molar-refractivity contribution in [1.29, 1.82) is 0 Å². The number of hydrogen-bond donors (Lipinski definition) is 0. The van der Waals surface area contributed by atoms with E-state index in [9.17, 15) is 4.79 Å². The van der Waals surface area contributed by atoms with Crippen molar-refractivity contribution in [1.82, 2.24) is 4.90 Å². The SMILES string of the molecule is COc1ccccc1N1CCN(C(=O)C2CCCCC2)CC1. The van der Waals surface area contributed by atoms with Crippen molar-refractivity contribution in [2.24, 2.45) is 5.92 Å². The summed E-state index contributed by atoms with van der Waals surface area (Å²) in [6.07, 6.45) is 5.91. The summed E-state index contributed by atoms with van der Waals surface area (Å²) in [4.78, 5) is 17.0. The molecule has 120 valence electrons. The van der Waals surface area contributed by atoms with Gasteiger partial charge in [-0.25, -0.2) is 0 Å². The maximum absolute atomic E-state index is 12.6. The third-order valence-corrected chi connectivity index (χ3v) is 4.97. The fourth-order valence-electron chi connectivity index (χ4n) is 3.67. The van der Waals surface area contributed by atoms with E-state index in [1.165, 1.54) is 19.3 Å². The Morgan fingerprint density at radius 1 is 1.05 bits per heavy atom. The highest BCUT2D eigenvalue weighted by Gasteiger charge is 2.28. The summed E-state index contributed by atoms with van der Waals surface area (Å²) < 4.78 is 5.45. The van der Waals surface area contributed by atoms with Gasteiger partial charge in [0.25, 0.3) is 0 Å². The first-order valence-electron chi connectivity index (χ1n) is 8.46. The van der Waals surface area contributed by atoms with Crippen LogP contribution < -0.4 is 9.64 Å². The van der Waals surface area contributed by atoms with E-state index in [1.54, 1.807) is 7.11 Å². The van der Waals surface area contributed by atoms with Gasteiger partial charge in [0.2, 0.25) is 5.91 Å². The number of carbonyl (C=O) groups excluding carboxylic acids is 1. The molecule has 0 spiro atoms. The van der Waals surface area contributed by atoms with Gasteiger partial charge in [0.1, 0.15) is 5.75 Å². The molecule has 0 radical (unpaired) electrons. The van der Waals surface area contributed by atoms with E-state index in [4.69, 9.17) is 4.74 Å². The lowest BCUT2D eigenvalue weighted by Crippen LogP contribution is -2.50. The maximum atomic E-state index is 12.6. The summed E-state index contributed by atoms with van der Waals surface area (Å²) >= 11 is 0. The van der Waals surface area contributed by atoms with E-state index in [-0.39, 0.29) is 5.92 Å². The van der Waals surface area contributed by atoms with Crippen molar-refractivity contribution in [3.05, 3.63) is 24.3 Å². The molecule has 3 rings (SSSR count). The molecular formula is C18H26N2O2. The Morgan fingerprint density at radius 2 is 1.73 bits per heavy atom. The van der Waals surface area contributed by atoms with Crippen LogP contribution in [0.2, 0.25) is 0 Å². The van der Waals surface area contributed by atoms with Crippen molar-refractivity contribution in [2.75, 3.05) is 38.2 Å². The van der Waals surface area contributed by atoms with Crippen LogP contribution >= 0.6 is 0 Å². The lowest BCUT2D eigenvalue weighted by atomic mass is 9.88. The van der Waals surface area contributed by atoms with Crippen LogP contribution in [0.25, 0.3) is 0 Å². The Morgan fingerprint density at radius 3 is 2.41 bits per heavy atom. The van der Waals surface area contributed by atoms with Crippen LogP contribution in [0.4, 0.5) is 5.69 Å². The van der Waals surface area contributed by atoms with Crippen LogP contribution in [0.1, 0.15) is 32.1 Å². The third-order valence-electron chi connectivity index (χ3n) is 4.97. The third kappa shape index (κ3) is 3.21. The van der Waals surface area contributed by atoms with Gasteiger partial charge in [-0.2, -0.15) is 0 Å². The first-order valence-corrected chi connectivity index (χ1v) is 8.46. The standard InChI is InChI=1S/C18H26N2O2/c1-22-17-10-6-5-9-16(17)19-11-13-20(14-12-19)18(21)15-7-3-2-4-8-15/h5-6,9-10,15H,2-4,7-8,11-14H2,1H3. The zero-order valence-corrected chi connectivity index (χ0v) is 13.5. The van der Waals surface area contributed by atoms with Gasteiger partial charge in [0.05, 0.1) is 12.8 Å². The number of nitrogens with zero attached hydrogens (tertiary/aromatic N) is 2. The molecule has 1 aliphatic carbocycles. The number of anilines is 1. The second-order valence-electron chi connectivity index (χ2n) is 6.32. The normalized spacial score (nSPS) is 20.0. The van der Waals surface area contributed by atoms with Gasteiger partial charge in [-0.3, -0.25) is 4.79 Å². The highest BCUT2D eigenvalue weighted by molar-refractivity contribution is 5.79. The number of carbonyl (C=O) groups is 1. The second kappa shape index (κ2) is 7.03. The van der Waals surface area contributed by atoms with E-state index in [1.807, 2.05) is 18.2 Å². The smallest absolute Gasteiger partial charge is 0.225 e. The Balaban J connectivity index is 1.59. The summed E-state index contributed by atoms with van der Waals surface area (Å²) in [5.41, 5.74) is 1.13. The van der Waals surface area contributed by atoms with Gasteiger partial charge in [-0.1, -0.05) is 31.4 Å². The molecule has 4 heteroatoms. The van der Waals surface area contributed by atoms with Gasteiger partial charge in [0.15, 0.2) is 0 Å². The first-order chi connectivity index (χ1) is 10.8. The number of rotatable bonds is 3. The highest BCUT2D eigenvalue weighted by Crippen LogP contribution is 2.29. The van der Waals surface area contributed by atoms with E-state index < -0.39 is 0 Å². The predicted octanol–water partition coefficient (Wildman–Crippen LogP) is 2.92. The summed E-state index contributed by atoms with van der Waals surface area (Å²) in [5, 5.41) is 0. The number of amides is 1. The molecule has 0 atom stereocenters. The van der Waals surface area contributed by atoms with Crippen molar-refractivity contribution >= 4 is 11.6 Å². The lowest BCUT2D eigenvalue weighted by molar-refractivity contribution is -0.136. The topological polar surface area (TPSA) is 32.8 Å². The fourth-order valence-corrected chi connectivity index (χ4v) is 3.67. The summed E-state index contributed by atoms with van der Waals surface area (Å²) in [5.74, 6) is 1.58. The van der Waals surface area contributed by atoms with E-state index in [0.717, 1.165) is 50.5 Å². The molecule has 1 amide bonds. The van der Waals surface area contributed by atoms with Crippen LogP contribution in [-0.4, -0.2) is 44.1 Å². The maximum Gasteiger partial charge on any atom is 0.225 e. The van der Waals surface area contributed by atoms with Crippen LogP contribution in [0.3, 0.4) is 0 Å². The van der Waals surface area contributed by atoms with E-state index in [0.29, 0.717) is 5.91 Å². The minimum Gasteiger partial charge on any atom is -0.495 e. The second-order valence-corrected chi connectivity index (χ2v) is 6.32. The number of methoxy groups -OCH3 is 1. The Labute approximate surface area is 133 Å². The van der Waals surface area contributed by atoms with Gasteiger partial charge >= 0.3 is 0 Å². The zero-order valence-electron chi connectivity index (χ0n) is 13.5. The molecule has 2 fully saturated rings. The van der Waals surface area contributed by atoms with Crippen LogP contribution in [0.15, 0.2) is 24.3 Å². The Kier molecular flexibility index (Phi) is 4.86. The molecule has 2 aliphatic rings.